The first-order chi connectivity index (χ1) is 11.8. The van der Waals surface area contributed by atoms with Gasteiger partial charge in [-0.25, -0.2) is 9.97 Å². The summed E-state index contributed by atoms with van der Waals surface area (Å²) in [6.45, 7) is 2.78. The zero-order valence-electron chi connectivity index (χ0n) is 13.4. The second-order valence-electron chi connectivity index (χ2n) is 5.71. The van der Waals surface area contributed by atoms with E-state index in [1.807, 2.05) is 31.3 Å². The van der Waals surface area contributed by atoms with Crippen molar-refractivity contribution in [3.05, 3.63) is 77.3 Å². The molecule has 0 atom stereocenters. The zero-order valence-corrected chi connectivity index (χ0v) is 14.2. The predicted octanol–water partition coefficient (Wildman–Crippen LogP) is 5.28. The van der Waals surface area contributed by atoms with Crippen LogP contribution in [0, 0.1) is 6.92 Å². The summed E-state index contributed by atoms with van der Waals surface area (Å²) in [5.41, 5.74) is 3.38. The number of nitrogens with zero attached hydrogens (tertiary/aromatic N) is 2. The van der Waals surface area contributed by atoms with Gasteiger partial charge in [0.1, 0.15) is 5.82 Å². The van der Waals surface area contributed by atoms with Crippen molar-refractivity contribution in [1.82, 2.24) is 9.97 Å². The van der Waals surface area contributed by atoms with E-state index in [0.29, 0.717) is 0 Å². The summed E-state index contributed by atoms with van der Waals surface area (Å²) in [6, 6.07) is 18.7. The molecule has 4 rings (SSSR count). The van der Waals surface area contributed by atoms with E-state index in [4.69, 9.17) is 4.98 Å². The highest BCUT2D eigenvalue weighted by molar-refractivity contribution is 7.17. The van der Waals surface area contributed by atoms with Crippen LogP contribution < -0.4 is 5.32 Å². The lowest BCUT2D eigenvalue weighted by molar-refractivity contribution is 1.07. The SMILES string of the molecule is Cc1cnc(-c2csc3ccccc23)nc1NCc1ccccc1. The van der Waals surface area contributed by atoms with Gasteiger partial charge in [-0.3, -0.25) is 0 Å². The Morgan fingerprint density at radius 2 is 1.79 bits per heavy atom. The first-order valence-corrected chi connectivity index (χ1v) is 8.77. The fourth-order valence-electron chi connectivity index (χ4n) is 2.68. The third kappa shape index (κ3) is 2.88. The molecule has 0 unspecified atom stereocenters. The third-order valence-electron chi connectivity index (χ3n) is 4.00. The van der Waals surface area contributed by atoms with E-state index < -0.39 is 0 Å². The fourth-order valence-corrected chi connectivity index (χ4v) is 3.62. The molecule has 0 saturated heterocycles. The van der Waals surface area contributed by atoms with Crippen LogP contribution in [-0.4, -0.2) is 9.97 Å². The molecule has 0 aliphatic heterocycles. The zero-order chi connectivity index (χ0) is 16.4. The molecule has 4 aromatic rings. The third-order valence-corrected chi connectivity index (χ3v) is 4.96. The normalized spacial score (nSPS) is 10.9. The Morgan fingerprint density at radius 1 is 1.00 bits per heavy atom. The summed E-state index contributed by atoms with van der Waals surface area (Å²) in [5.74, 6) is 1.66. The van der Waals surface area contributed by atoms with E-state index in [2.05, 4.69) is 52.1 Å². The minimum Gasteiger partial charge on any atom is -0.366 e. The number of aromatic nitrogens is 2. The summed E-state index contributed by atoms with van der Waals surface area (Å²) in [7, 11) is 0. The van der Waals surface area contributed by atoms with Gasteiger partial charge in [0.25, 0.3) is 0 Å². The Kier molecular flexibility index (Phi) is 3.97. The predicted molar refractivity (Wildman–Crippen MR) is 101 cm³/mol. The maximum absolute atomic E-state index is 4.76. The lowest BCUT2D eigenvalue weighted by Gasteiger charge is -2.10. The molecule has 0 amide bonds. The molecule has 0 fully saturated rings. The molecule has 0 spiro atoms. The number of hydrogen-bond acceptors (Lipinski definition) is 4. The fraction of sp³-hybridized carbons (Fsp3) is 0.100. The number of aryl methyl sites for hydroxylation is 1. The number of rotatable bonds is 4. The summed E-state index contributed by atoms with van der Waals surface area (Å²) in [4.78, 5) is 9.31. The first-order valence-electron chi connectivity index (χ1n) is 7.89. The molecule has 0 radical (unpaired) electrons. The lowest BCUT2D eigenvalue weighted by Crippen LogP contribution is -2.04. The van der Waals surface area contributed by atoms with Gasteiger partial charge >= 0.3 is 0 Å². The molecule has 2 heterocycles. The van der Waals surface area contributed by atoms with Gasteiger partial charge < -0.3 is 5.32 Å². The Morgan fingerprint density at radius 3 is 2.67 bits per heavy atom. The van der Waals surface area contributed by atoms with Gasteiger partial charge in [-0.05, 0) is 18.6 Å². The van der Waals surface area contributed by atoms with Crippen molar-refractivity contribution in [3.63, 3.8) is 0 Å². The second kappa shape index (κ2) is 6.42. The van der Waals surface area contributed by atoms with Gasteiger partial charge in [0.2, 0.25) is 0 Å². The minimum absolute atomic E-state index is 0.752. The number of hydrogen-bond donors (Lipinski definition) is 1. The summed E-state index contributed by atoms with van der Waals surface area (Å²) in [6.07, 6.45) is 1.89. The van der Waals surface area contributed by atoms with Gasteiger partial charge in [-0.15, -0.1) is 11.3 Å². The molecular weight excluding hydrogens is 314 g/mol. The van der Waals surface area contributed by atoms with Gasteiger partial charge in [-0.1, -0.05) is 48.5 Å². The van der Waals surface area contributed by atoms with Crippen LogP contribution in [0.1, 0.15) is 11.1 Å². The summed E-state index contributed by atoms with van der Waals surface area (Å²) < 4.78 is 1.26. The second-order valence-corrected chi connectivity index (χ2v) is 6.62. The Hall–Kier alpha value is -2.72. The van der Waals surface area contributed by atoms with Crippen LogP contribution in [0.15, 0.2) is 66.2 Å². The molecule has 0 bridgehead atoms. The maximum atomic E-state index is 4.76. The van der Waals surface area contributed by atoms with E-state index in [9.17, 15) is 0 Å². The van der Waals surface area contributed by atoms with Gasteiger partial charge in [0, 0.05) is 39.3 Å². The maximum Gasteiger partial charge on any atom is 0.162 e. The van der Waals surface area contributed by atoms with Crippen molar-refractivity contribution < 1.29 is 0 Å². The molecule has 3 nitrogen and oxygen atoms in total. The van der Waals surface area contributed by atoms with Crippen LogP contribution in [0.3, 0.4) is 0 Å². The Balaban J connectivity index is 1.66. The molecule has 0 aliphatic carbocycles. The highest BCUT2D eigenvalue weighted by atomic mass is 32.1. The van der Waals surface area contributed by atoms with Crippen molar-refractivity contribution in [1.29, 1.82) is 0 Å². The lowest BCUT2D eigenvalue weighted by atomic mass is 10.1. The average Bonchev–Trinajstić information content (AvgIpc) is 3.06. The topological polar surface area (TPSA) is 37.8 Å². The average molecular weight is 331 g/mol. The van der Waals surface area contributed by atoms with E-state index in [-0.39, 0.29) is 0 Å². The number of benzene rings is 2. The van der Waals surface area contributed by atoms with E-state index in [1.54, 1.807) is 11.3 Å². The highest BCUT2D eigenvalue weighted by Crippen LogP contribution is 2.32. The van der Waals surface area contributed by atoms with E-state index >= 15 is 0 Å². The first kappa shape index (κ1) is 14.8. The van der Waals surface area contributed by atoms with Crippen LogP contribution in [0.5, 0.6) is 0 Å². The van der Waals surface area contributed by atoms with Crippen LogP contribution in [0.25, 0.3) is 21.5 Å². The number of nitrogens with one attached hydrogen (secondary N) is 1. The van der Waals surface area contributed by atoms with Crippen LogP contribution >= 0.6 is 11.3 Å². The van der Waals surface area contributed by atoms with Crippen molar-refractivity contribution in [2.24, 2.45) is 0 Å². The van der Waals surface area contributed by atoms with Crippen LogP contribution in [-0.2, 0) is 6.54 Å². The van der Waals surface area contributed by atoms with Gasteiger partial charge in [0.05, 0.1) is 0 Å². The minimum atomic E-state index is 0.752. The van der Waals surface area contributed by atoms with Gasteiger partial charge in [-0.2, -0.15) is 0 Å². The molecular formula is C20H17N3S. The standard InChI is InChI=1S/C20H17N3S/c1-14-11-21-20(17-13-24-18-10-6-5-9-16(17)18)23-19(14)22-12-15-7-3-2-4-8-15/h2-11,13H,12H2,1H3,(H,21,22,23). The largest absolute Gasteiger partial charge is 0.366 e. The Labute approximate surface area is 145 Å². The van der Waals surface area contributed by atoms with Crippen molar-refractivity contribution in [3.8, 4) is 11.4 Å². The Bertz CT molecular complexity index is 977. The quantitative estimate of drug-likeness (QED) is 0.553. The van der Waals surface area contributed by atoms with Crippen LogP contribution in [0.2, 0.25) is 0 Å². The molecule has 2 aromatic heterocycles. The molecule has 24 heavy (non-hydrogen) atoms. The smallest absolute Gasteiger partial charge is 0.162 e. The highest BCUT2D eigenvalue weighted by Gasteiger charge is 2.11. The van der Waals surface area contributed by atoms with Crippen molar-refractivity contribution in [2.75, 3.05) is 5.32 Å². The monoisotopic (exact) mass is 331 g/mol. The van der Waals surface area contributed by atoms with Crippen molar-refractivity contribution in [2.45, 2.75) is 13.5 Å². The number of fused-ring (bicyclic) bond motifs is 1. The molecule has 0 saturated carbocycles. The molecule has 2 aromatic carbocycles. The summed E-state index contributed by atoms with van der Waals surface area (Å²) >= 11 is 1.73. The van der Waals surface area contributed by atoms with Crippen LogP contribution in [0.4, 0.5) is 5.82 Å². The van der Waals surface area contributed by atoms with Crippen molar-refractivity contribution >= 4 is 27.2 Å². The van der Waals surface area contributed by atoms with E-state index in [0.717, 1.165) is 29.3 Å². The number of thiophene rings is 1. The molecule has 4 heteroatoms. The molecule has 118 valence electrons. The molecule has 1 N–H and O–H groups in total. The number of anilines is 1. The molecule has 0 aliphatic rings. The van der Waals surface area contributed by atoms with E-state index in [1.165, 1.54) is 15.6 Å². The summed E-state index contributed by atoms with van der Waals surface area (Å²) in [5, 5.41) is 6.78. The van der Waals surface area contributed by atoms with Gasteiger partial charge in [0.15, 0.2) is 5.82 Å².